The number of hydrogen-bond acceptors (Lipinski definition) is 0. The van der Waals surface area contributed by atoms with Gasteiger partial charge < -0.3 is 0 Å². The van der Waals surface area contributed by atoms with Crippen LogP contribution in [0.25, 0.3) is 0 Å². The van der Waals surface area contributed by atoms with Crippen LogP contribution in [0.3, 0.4) is 0 Å². The third-order valence-corrected chi connectivity index (χ3v) is 5.74. The average Bonchev–Trinajstić information content (AvgIpc) is 2.73. The number of benzene rings is 1. The highest BCUT2D eigenvalue weighted by Crippen LogP contribution is 2.13. The van der Waals surface area contributed by atoms with Gasteiger partial charge in [-0.2, -0.15) is 0 Å². The van der Waals surface area contributed by atoms with Gasteiger partial charge in [0, 0.05) is 17.7 Å². The van der Waals surface area contributed by atoms with E-state index in [0.29, 0.717) is 0 Å². The zero-order valence-electron chi connectivity index (χ0n) is 18.2. The first-order chi connectivity index (χ1) is 13.9. The summed E-state index contributed by atoms with van der Waals surface area (Å²) in [6.07, 6.45) is 24.2. The quantitative estimate of drug-likeness (QED) is 0.208. The first-order valence-electron chi connectivity index (χ1n) is 11.9. The zero-order valence-corrected chi connectivity index (χ0v) is 18.2. The van der Waals surface area contributed by atoms with Crippen molar-refractivity contribution in [1.29, 1.82) is 0 Å². The highest BCUT2D eigenvalue weighted by molar-refractivity contribution is 5.13. The molecule has 2 rings (SSSR count). The molecule has 0 aliphatic rings. The molecule has 0 aliphatic carbocycles. The lowest BCUT2D eigenvalue weighted by Gasteiger charge is -2.04. The molecule has 0 N–H and O–H groups in total. The molecule has 0 saturated carbocycles. The van der Waals surface area contributed by atoms with E-state index < -0.39 is 0 Å². The molecule has 0 atom stereocenters. The fourth-order valence-corrected chi connectivity index (χ4v) is 3.90. The minimum absolute atomic E-state index is 0.958. The second-order valence-corrected chi connectivity index (χ2v) is 8.36. The van der Waals surface area contributed by atoms with Crippen LogP contribution >= 0.6 is 0 Å². The SMILES string of the molecule is CCCCCCCCCCCCCCCc1cc[n+](Cc2ccccc2)cc1. The minimum Gasteiger partial charge on any atom is -0.201 e. The number of pyridine rings is 1. The zero-order chi connectivity index (χ0) is 19.7. The molecule has 0 saturated heterocycles. The summed E-state index contributed by atoms with van der Waals surface area (Å²) in [6, 6.07) is 15.3. The Bertz CT molecular complexity index is 587. The maximum Gasteiger partial charge on any atom is 0.173 e. The van der Waals surface area contributed by atoms with Gasteiger partial charge in [-0.25, -0.2) is 4.57 Å². The summed E-state index contributed by atoms with van der Waals surface area (Å²) in [4.78, 5) is 0. The van der Waals surface area contributed by atoms with Gasteiger partial charge in [0.1, 0.15) is 0 Å². The van der Waals surface area contributed by atoms with Crippen LogP contribution in [0.5, 0.6) is 0 Å². The van der Waals surface area contributed by atoms with E-state index in [1.807, 2.05) is 0 Å². The summed E-state index contributed by atoms with van der Waals surface area (Å²) >= 11 is 0. The van der Waals surface area contributed by atoms with Crippen LogP contribution in [0.2, 0.25) is 0 Å². The lowest BCUT2D eigenvalue weighted by atomic mass is 10.0. The van der Waals surface area contributed by atoms with Crippen LogP contribution in [-0.2, 0) is 13.0 Å². The Hall–Kier alpha value is -1.63. The summed E-state index contributed by atoms with van der Waals surface area (Å²) in [6.45, 7) is 3.25. The number of aromatic nitrogens is 1. The molecule has 1 heteroatoms. The maximum absolute atomic E-state index is 2.30. The molecule has 0 spiro atoms. The van der Waals surface area contributed by atoms with E-state index in [1.54, 1.807) is 0 Å². The van der Waals surface area contributed by atoms with Crippen molar-refractivity contribution < 1.29 is 4.57 Å². The molecule has 2 aromatic rings. The molecule has 1 aromatic heterocycles. The van der Waals surface area contributed by atoms with Crippen LogP contribution in [0.4, 0.5) is 0 Å². The van der Waals surface area contributed by atoms with Gasteiger partial charge in [0.05, 0.1) is 0 Å². The normalized spacial score (nSPS) is 11.0. The van der Waals surface area contributed by atoms with Gasteiger partial charge in [0.25, 0.3) is 0 Å². The largest absolute Gasteiger partial charge is 0.201 e. The molecule has 0 amide bonds. The molecular formula is C27H42N+. The van der Waals surface area contributed by atoms with Crippen LogP contribution in [0.15, 0.2) is 54.9 Å². The number of unbranched alkanes of at least 4 members (excludes halogenated alkanes) is 12. The highest BCUT2D eigenvalue weighted by atomic mass is 14.9. The van der Waals surface area contributed by atoms with Crippen LogP contribution in [0, 0.1) is 0 Å². The molecule has 0 aliphatic heterocycles. The van der Waals surface area contributed by atoms with E-state index in [4.69, 9.17) is 0 Å². The summed E-state index contributed by atoms with van der Waals surface area (Å²) in [5, 5.41) is 0. The molecule has 28 heavy (non-hydrogen) atoms. The standard InChI is InChI=1S/C27H42N/c1-2-3-4-5-6-7-8-9-10-11-12-13-15-18-26-21-23-28(24-22-26)25-27-19-16-14-17-20-27/h14,16-17,19-24H,2-13,15,18,25H2,1H3/q+1. The summed E-state index contributed by atoms with van der Waals surface area (Å²) in [5.41, 5.74) is 2.84. The topological polar surface area (TPSA) is 3.88 Å². The van der Waals surface area contributed by atoms with E-state index in [1.165, 1.54) is 101 Å². The Morgan fingerprint density at radius 3 is 1.57 bits per heavy atom. The Kier molecular flexibility index (Phi) is 12.4. The van der Waals surface area contributed by atoms with E-state index in [-0.39, 0.29) is 0 Å². The third kappa shape index (κ3) is 10.6. The maximum atomic E-state index is 2.30. The first-order valence-corrected chi connectivity index (χ1v) is 11.9. The van der Waals surface area contributed by atoms with Crippen molar-refractivity contribution in [2.24, 2.45) is 0 Å². The predicted molar refractivity (Wildman–Crippen MR) is 122 cm³/mol. The van der Waals surface area contributed by atoms with Gasteiger partial charge in [0.2, 0.25) is 0 Å². The lowest BCUT2D eigenvalue weighted by Crippen LogP contribution is -2.33. The molecule has 0 fully saturated rings. The van der Waals surface area contributed by atoms with Crippen LogP contribution in [-0.4, -0.2) is 0 Å². The Morgan fingerprint density at radius 2 is 1.04 bits per heavy atom. The van der Waals surface area contributed by atoms with Crippen molar-refractivity contribution in [3.05, 3.63) is 66.0 Å². The molecule has 1 heterocycles. The molecule has 0 unspecified atom stereocenters. The Morgan fingerprint density at radius 1 is 0.536 bits per heavy atom. The molecule has 1 nitrogen and oxygen atoms in total. The average molecular weight is 381 g/mol. The molecular weight excluding hydrogens is 338 g/mol. The number of nitrogens with zero attached hydrogens (tertiary/aromatic N) is 1. The van der Waals surface area contributed by atoms with E-state index in [2.05, 4.69) is 66.3 Å². The molecule has 0 radical (unpaired) electrons. The van der Waals surface area contributed by atoms with Crippen molar-refractivity contribution in [3.8, 4) is 0 Å². The summed E-state index contributed by atoms with van der Waals surface area (Å²) in [7, 11) is 0. The van der Waals surface area contributed by atoms with Gasteiger partial charge in [-0.05, 0) is 18.4 Å². The number of aryl methyl sites for hydroxylation is 1. The Balaban J connectivity index is 1.43. The van der Waals surface area contributed by atoms with E-state index >= 15 is 0 Å². The van der Waals surface area contributed by atoms with E-state index in [0.717, 1.165) is 6.54 Å². The fourth-order valence-electron chi connectivity index (χ4n) is 3.90. The second-order valence-electron chi connectivity index (χ2n) is 8.36. The van der Waals surface area contributed by atoms with Gasteiger partial charge >= 0.3 is 0 Å². The molecule has 1 aromatic carbocycles. The van der Waals surface area contributed by atoms with Crippen molar-refractivity contribution in [2.75, 3.05) is 0 Å². The van der Waals surface area contributed by atoms with Gasteiger partial charge in [-0.3, -0.25) is 0 Å². The van der Waals surface area contributed by atoms with Crippen LogP contribution < -0.4 is 4.57 Å². The van der Waals surface area contributed by atoms with Crippen molar-refractivity contribution in [2.45, 2.75) is 103 Å². The monoisotopic (exact) mass is 380 g/mol. The van der Waals surface area contributed by atoms with Crippen molar-refractivity contribution in [1.82, 2.24) is 0 Å². The third-order valence-electron chi connectivity index (χ3n) is 5.74. The van der Waals surface area contributed by atoms with Gasteiger partial charge in [0.15, 0.2) is 18.9 Å². The van der Waals surface area contributed by atoms with Gasteiger partial charge in [-0.1, -0.05) is 114 Å². The van der Waals surface area contributed by atoms with Gasteiger partial charge in [-0.15, -0.1) is 0 Å². The molecule has 154 valence electrons. The smallest absolute Gasteiger partial charge is 0.173 e. The minimum atomic E-state index is 0.958. The molecule has 0 bridgehead atoms. The van der Waals surface area contributed by atoms with Crippen LogP contribution in [0.1, 0.15) is 102 Å². The highest BCUT2D eigenvalue weighted by Gasteiger charge is 2.02. The predicted octanol–water partition coefficient (Wildman–Crippen LogP) is 7.66. The summed E-state index contributed by atoms with van der Waals surface area (Å²) < 4.78 is 2.27. The number of rotatable bonds is 16. The van der Waals surface area contributed by atoms with Crippen molar-refractivity contribution in [3.63, 3.8) is 0 Å². The second kappa shape index (κ2) is 15.3. The fraction of sp³-hybridized carbons (Fsp3) is 0.593. The van der Waals surface area contributed by atoms with Crippen molar-refractivity contribution >= 4 is 0 Å². The number of hydrogen-bond donors (Lipinski definition) is 0. The summed E-state index contributed by atoms with van der Waals surface area (Å²) in [5.74, 6) is 0. The lowest BCUT2D eigenvalue weighted by molar-refractivity contribution is -0.688. The van der Waals surface area contributed by atoms with E-state index in [9.17, 15) is 0 Å². The first kappa shape index (κ1) is 22.7. The Labute approximate surface area is 174 Å².